The monoisotopic (exact) mass is 529 g/mol. The molecule has 3 fully saturated rings. The summed E-state index contributed by atoms with van der Waals surface area (Å²) in [5, 5.41) is 17.6. The average molecular weight is 530 g/mol. The maximum absolute atomic E-state index is 14.0. The van der Waals surface area contributed by atoms with Gasteiger partial charge in [0.1, 0.15) is 6.04 Å². The third-order valence-corrected chi connectivity index (χ3v) is 10.2. The van der Waals surface area contributed by atoms with E-state index in [1.807, 2.05) is 72.8 Å². The minimum atomic E-state index is -0.672. The van der Waals surface area contributed by atoms with Crippen LogP contribution in [-0.2, 0) is 14.4 Å². The number of nitrogens with one attached hydrogen (secondary N) is 2. The molecule has 3 heterocycles. The number of nitrogens with zero attached hydrogens (tertiary/aromatic N) is 1. The molecule has 0 aromatic heterocycles. The molecule has 0 saturated carbocycles. The summed E-state index contributed by atoms with van der Waals surface area (Å²) in [5.41, 5.74) is 1.39. The molecule has 2 unspecified atom stereocenters. The van der Waals surface area contributed by atoms with Crippen molar-refractivity contribution in [1.82, 2.24) is 4.90 Å². The molecule has 0 aliphatic carbocycles. The van der Waals surface area contributed by atoms with E-state index in [0.717, 1.165) is 23.6 Å². The highest BCUT2D eigenvalue weighted by molar-refractivity contribution is 8.02. The molecule has 8 heteroatoms. The number of likely N-dealkylation sites (tertiary alicyclic amines) is 1. The van der Waals surface area contributed by atoms with Crippen molar-refractivity contribution in [3.05, 3.63) is 72.8 Å². The number of para-hydroxylation sites is 1. The van der Waals surface area contributed by atoms with Crippen molar-refractivity contribution in [2.45, 2.75) is 41.7 Å². The van der Waals surface area contributed by atoms with Crippen LogP contribution in [0, 0.1) is 11.8 Å². The summed E-state index contributed by atoms with van der Waals surface area (Å²) in [6.07, 6.45) is 2.67. The van der Waals surface area contributed by atoms with Gasteiger partial charge >= 0.3 is 0 Å². The van der Waals surface area contributed by atoms with Gasteiger partial charge in [0, 0.05) is 29.8 Å². The molecule has 3 N–H and O–H groups in total. The van der Waals surface area contributed by atoms with E-state index in [4.69, 9.17) is 0 Å². The normalized spacial score (nSPS) is 27.5. The molecule has 3 aromatic carbocycles. The van der Waals surface area contributed by atoms with Gasteiger partial charge in [-0.15, -0.1) is 11.8 Å². The fourth-order valence-corrected chi connectivity index (χ4v) is 8.83. The van der Waals surface area contributed by atoms with Gasteiger partial charge in [-0.25, -0.2) is 0 Å². The van der Waals surface area contributed by atoms with Crippen LogP contribution < -0.4 is 10.6 Å². The lowest BCUT2D eigenvalue weighted by atomic mass is 9.70. The second kappa shape index (κ2) is 10.1. The van der Waals surface area contributed by atoms with Crippen LogP contribution in [0.15, 0.2) is 72.8 Å². The molecule has 3 saturated heterocycles. The maximum atomic E-state index is 14.0. The number of amides is 3. The summed E-state index contributed by atoms with van der Waals surface area (Å²) in [6.45, 7) is 0.412. The highest BCUT2D eigenvalue weighted by atomic mass is 32.2. The van der Waals surface area contributed by atoms with E-state index in [2.05, 4.69) is 10.6 Å². The second-order valence-electron chi connectivity index (χ2n) is 10.4. The summed E-state index contributed by atoms with van der Waals surface area (Å²) in [4.78, 5) is 43.1. The molecule has 3 amide bonds. The van der Waals surface area contributed by atoms with Gasteiger partial charge < -0.3 is 20.6 Å². The summed E-state index contributed by atoms with van der Waals surface area (Å²) in [7, 11) is 0. The number of rotatable bonds is 8. The third-order valence-electron chi connectivity index (χ3n) is 8.22. The molecule has 7 nitrogen and oxygen atoms in total. The number of fused-ring (bicyclic) bond motifs is 2. The molecule has 5 atom stereocenters. The van der Waals surface area contributed by atoms with Crippen LogP contribution in [0.2, 0.25) is 0 Å². The van der Waals surface area contributed by atoms with E-state index in [0.29, 0.717) is 30.8 Å². The Morgan fingerprint density at radius 2 is 1.66 bits per heavy atom. The lowest BCUT2D eigenvalue weighted by Gasteiger charge is -2.34. The predicted molar refractivity (Wildman–Crippen MR) is 150 cm³/mol. The molecule has 38 heavy (non-hydrogen) atoms. The third kappa shape index (κ3) is 4.16. The fourth-order valence-electron chi connectivity index (χ4n) is 6.61. The SMILES string of the molecule is O=C(Nc1ccc2ccccc2c1)C1N(CCCCO)C(=O)[C@@H]2[C@H](C(=O)Nc3ccccc3)[C@@H]3CCC12S3. The van der Waals surface area contributed by atoms with Gasteiger partial charge in [-0.3, -0.25) is 14.4 Å². The zero-order valence-corrected chi connectivity index (χ0v) is 21.8. The number of aliphatic hydroxyl groups excluding tert-OH is 1. The van der Waals surface area contributed by atoms with Gasteiger partial charge in [-0.05, 0) is 60.7 Å². The largest absolute Gasteiger partial charge is 0.396 e. The minimum Gasteiger partial charge on any atom is -0.396 e. The Bertz CT molecular complexity index is 1380. The van der Waals surface area contributed by atoms with E-state index < -0.39 is 22.6 Å². The first kappa shape index (κ1) is 24.9. The Morgan fingerprint density at radius 3 is 2.45 bits per heavy atom. The van der Waals surface area contributed by atoms with E-state index in [1.54, 1.807) is 16.7 Å². The zero-order chi connectivity index (χ0) is 26.3. The van der Waals surface area contributed by atoms with Crippen LogP contribution in [0.5, 0.6) is 0 Å². The van der Waals surface area contributed by atoms with Gasteiger partial charge in [0.25, 0.3) is 0 Å². The predicted octanol–water partition coefficient (Wildman–Crippen LogP) is 4.28. The van der Waals surface area contributed by atoms with Crippen LogP contribution in [-0.4, -0.2) is 56.9 Å². The summed E-state index contributed by atoms with van der Waals surface area (Å²) < 4.78 is -0.638. The Morgan fingerprint density at radius 1 is 0.921 bits per heavy atom. The van der Waals surface area contributed by atoms with Gasteiger partial charge in [-0.1, -0.05) is 48.5 Å². The molecule has 6 rings (SSSR count). The molecular weight excluding hydrogens is 498 g/mol. The van der Waals surface area contributed by atoms with Gasteiger partial charge in [-0.2, -0.15) is 0 Å². The lowest BCUT2D eigenvalue weighted by Crippen LogP contribution is -2.51. The van der Waals surface area contributed by atoms with Gasteiger partial charge in [0.05, 0.1) is 16.6 Å². The van der Waals surface area contributed by atoms with Crippen LogP contribution in [0.4, 0.5) is 11.4 Å². The van der Waals surface area contributed by atoms with E-state index in [-0.39, 0.29) is 29.6 Å². The Kier molecular flexibility index (Phi) is 6.61. The van der Waals surface area contributed by atoms with E-state index in [9.17, 15) is 19.5 Å². The molecule has 2 bridgehead atoms. The number of unbranched alkanes of at least 4 members (excludes halogenated alkanes) is 1. The van der Waals surface area contributed by atoms with E-state index in [1.165, 1.54) is 0 Å². The number of carbonyl (C=O) groups is 3. The quantitative estimate of drug-likeness (QED) is 0.379. The van der Waals surface area contributed by atoms with Crippen LogP contribution in [0.1, 0.15) is 25.7 Å². The maximum Gasteiger partial charge on any atom is 0.248 e. The number of aliphatic hydroxyl groups is 1. The van der Waals surface area contributed by atoms with Crippen molar-refractivity contribution in [3.8, 4) is 0 Å². The Balaban J connectivity index is 1.30. The number of carbonyl (C=O) groups excluding carboxylic acids is 3. The Labute approximate surface area is 226 Å². The summed E-state index contributed by atoms with van der Waals surface area (Å²) in [5.74, 6) is -1.52. The number of thioether (sulfide) groups is 1. The zero-order valence-electron chi connectivity index (χ0n) is 21.0. The molecule has 1 spiro atoms. The molecule has 196 valence electrons. The van der Waals surface area contributed by atoms with Crippen molar-refractivity contribution in [2.75, 3.05) is 23.8 Å². The minimum absolute atomic E-state index is 0.00298. The van der Waals surface area contributed by atoms with Crippen molar-refractivity contribution in [3.63, 3.8) is 0 Å². The number of benzene rings is 3. The Hall–Kier alpha value is -3.36. The second-order valence-corrected chi connectivity index (χ2v) is 12.0. The topological polar surface area (TPSA) is 98.7 Å². The van der Waals surface area contributed by atoms with Crippen LogP contribution >= 0.6 is 11.8 Å². The molecular formula is C30H31N3O4S. The van der Waals surface area contributed by atoms with Crippen molar-refractivity contribution >= 4 is 51.6 Å². The highest BCUT2D eigenvalue weighted by Gasteiger charge is 2.73. The smallest absolute Gasteiger partial charge is 0.248 e. The molecule has 3 aliphatic heterocycles. The highest BCUT2D eigenvalue weighted by Crippen LogP contribution is 2.66. The first-order valence-corrected chi connectivity index (χ1v) is 14.1. The van der Waals surface area contributed by atoms with E-state index >= 15 is 0 Å². The van der Waals surface area contributed by atoms with Crippen LogP contribution in [0.3, 0.4) is 0 Å². The number of anilines is 2. The van der Waals surface area contributed by atoms with Gasteiger partial charge in [0.15, 0.2) is 0 Å². The van der Waals surface area contributed by atoms with Crippen LogP contribution in [0.25, 0.3) is 10.8 Å². The molecule has 3 aliphatic rings. The standard InChI is InChI=1S/C30H31N3O4S/c34-17-7-6-16-33-26(28(36)32-22-13-12-19-8-4-5-9-20(19)18-22)30-15-14-23(38-30)24(25(30)29(33)37)27(35)31-21-10-2-1-3-11-21/h1-5,8-13,18,23-26,34H,6-7,14-17H2,(H,31,35)(H,32,36)/t23-,24+,25-,26?,30?/m0/s1. The van der Waals surface area contributed by atoms with Crippen molar-refractivity contribution < 1.29 is 19.5 Å². The lowest BCUT2D eigenvalue weighted by molar-refractivity contribution is -0.138. The van der Waals surface area contributed by atoms with Gasteiger partial charge in [0.2, 0.25) is 17.7 Å². The first-order valence-electron chi connectivity index (χ1n) is 13.3. The number of hydrogen-bond donors (Lipinski definition) is 3. The summed E-state index contributed by atoms with van der Waals surface area (Å²) in [6, 6.07) is 22.4. The van der Waals surface area contributed by atoms with Crippen molar-refractivity contribution in [1.29, 1.82) is 0 Å². The fraction of sp³-hybridized carbons (Fsp3) is 0.367. The first-order chi connectivity index (χ1) is 18.5. The number of hydrogen-bond acceptors (Lipinski definition) is 5. The molecule has 0 radical (unpaired) electrons. The average Bonchev–Trinajstić information content (AvgIpc) is 3.57. The molecule has 3 aromatic rings. The summed E-state index contributed by atoms with van der Waals surface area (Å²) >= 11 is 1.66. The van der Waals surface area contributed by atoms with Crippen molar-refractivity contribution in [2.24, 2.45) is 11.8 Å².